The van der Waals surface area contributed by atoms with Crippen molar-refractivity contribution >= 4 is 11.3 Å². The number of rotatable bonds is 1. The number of aryl methyl sites for hydroxylation is 3. The molecule has 4 heteroatoms. The first-order chi connectivity index (χ1) is 6.66. The van der Waals surface area contributed by atoms with Crippen molar-refractivity contribution in [2.45, 2.75) is 20.8 Å². The van der Waals surface area contributed by atoms with Gasteiger partial charge in [-0.05, 0) is 37.8 Å². The lowest BCUT2D eigenvalue weighted by Gasteiger charge is -2.00. The third-order valence-electron chi connectivity index (χ3n) is 1.92. The zero-order valence-electron chi connectivity index (χ0n) is 8.40. The molecule has 2 aromatic heterocycles. The molecule has 0 unspecified atom stereocenters. The maximum atomic E-state index is 4.33. The van der Waals surface area contributed by atoms with E-state index in [1.807, 2.05) is 13.8 Å². The molecule has 0 radical (unpaired) electrons. The van der Waals surface area contributed by atoms with E-state index in [1.54, 1.807) is 11.3 Å². The fourth-order valence-electron chi connectivity index (χ4n) is 1.32. The van der Waals surface area contributed by atoms with Crippen molar-refractivity contribution in [1.82, 2.24) is 15.0 Å². The summed E-state index contributed by atoms with van der Waals surface area (Å²) in [5, 5.41) is 2.05. The van der Waals surface area contributed by atoms with Crippen molar-refractivity contribution in [2.24, 2.45) is 0 Å². The highest BCUT2D eigenvalue weighted by Gasteiger charge is 2.07. The van der Waals surface area contributed by atoms with E-state index in [0.717, 1.165) is 22.4 Å². The lowest BCUT2D eigenvalue weighted by atomic mass is 10.3. The summed E-state index contributed by atoms with van der Waals surface area (Å²) in [6.07, 6.45) is 0. The van der Waals surface area contributed by atoms with Gasteiger partial charge < -0.3 is 0 Å². The molecule has 0 bridgehead atoms. The van der Waals surface area contributed by atoms with Crippen LogP contribution >= 0.6 is 11.3 Å². The number of aromatic nitrogens is 3. The normalized spacial score (nSPS) is 10.5. The lowest BCUT2D eigenvalue weighted by Crippen LogP contribution is -1.98. The number of thiophene rings is 1. The van der Waals surface area contributed by atoms with Crippen molar-refractivity contribution < 1.29 is 0 Å². The molecule has 2 rings (SSSR count). The van der Waals surface area contributed by atoms with Crippen LogP contribution in [0.1, 0.15) is 17.2 Å². The van der Waals surface area contributed by atoms with Crippen molar-refractivity contribution in [3.63, 3.8) is 0 Å². The summed E-state index contributed by atoms with van der Waals surface area (Å²) in [4.78, 5) is 13.9. The molecule has 0 amide bonds. The molecule has 2 heterocycles. The molecule has 0 aliphatic rings. The molecule has 0 aliphatic carbocycles. The van der Waals surface area contributed by atoms with Crippen molar-refractivity contribution in [3.05, 3.63) is 28.7 Å². The Morgan fingerprint density at radius 3 is 2.14 bits per heavy atom. The molecule has 0 N–H and O–H groups in total. The summed E-state index contributed by atoms with van der Waals surface area (Å²) in [7, 11) is 0. The predicted molar refractivity (Wildman–Crippen MR) is 57.4 cm³/mol. The molecule has 0 saturated carbocycles. The molecular weight excluding hydrogens is 194 g/mol. The van der Waals surface area contributed by atoms with Crippen LogP contribution in [0.3, 0.4) is 0 Å². The maximum Gasteiger partial charge on any atom is 0.173 e. The summed E-state index contributed by atoms with van der Waals surface area (Å²) in [6.45, 7) is 5.85. The predicted octanol–water partition coefficient (Wildman–Crippen LogP) is 2.53. The van der Waals surface area contributed by atoms with E-state index < -0.39 is 0 Å². The zero-order valence-corrected chi connectivity index (χ0v) is 9.22. The fourth-order valence-corrected chi connectivity index (χ4v) is 2.18. The van der Waals surface area contributed by atoms with Crippen LogP contribution in [0.15, 0.2) is 11.4 Å². The Bertz CT molecular complexity index is 442. The molecule has 0 aliphatic heterocycles. The van der Waals surface area contributed by atoms with Gasteiger partial charge in [-0.25, -0.2) is 15.0 Å². The largest absolute Gasteiger partial charge is 0.219 e. The first kappa shape index (κ1) is 9.27. The molecule has 3 nitrogen and oxygen atoms in total. The van der Waals surface area contributed by atoms with E-state index in [-0.39, 0.29) is 0 Å². The zero-order chi connectivity index (χ0) is 10.1. The van der Waals surface area contributed by atoms with Crippen molar-refractivity contribution in [3.8, 4) is 10.7 Å². The average molecular weight is 205 g/mol. The summed E-state index contributed by atoms with van der Waals surface area (Å²) in [5.41, 5.74) is 1.22. The Hall–Kier alpha value is -1.29. The van der Waals surface area contributed by atoms with Crippen molar-refractivity contribution in [2.75, 3.05) is 0 Å². The molecule has 72 valence electrons. The van der Waals surface area contributed by atoms with Crippen LogP contribution in [0.2, 0.25) is 0 Å². The topological polar surface area (TPSA) is 38.7 Å². The van der Waals surface area contributed by atoms with E-state index >= 15 is 0 Å². The lowest BCUT2D eigenvalue weighted by molar-refractivity contribution is 0.930. The molecule has 0 atom stereocenters. The van der Waals surface area contributed by atoms with E-state index in [4.69, 9.17) is 0 Å². The number of hydrogen-bond donors (Lipinski definition) is 0. The molecule has 14 heavy (non-hydrogen) atoms. The quantitative estimate of drug-likeness (QED) is 0.718. The van der Waals surface area contributed by atoms with Gasteiger partial charge in [-0.3, -0.25) is 0 Å². The van der Waals surface area contributed by atoms with Gasteiger partial charge >= 0.3 is 0 Å². The van der Waals surface area contributed by atoms with Gasteiger partial charge in [0.25, 0.3) is 0 Å². The summed E-state index contributed by atoms with van der Waals surface area (Å²) < 4.78 is 0. The fraction of sp³-hybridized carbons (Fsp3) is 0.300. The second-order valence-corrected chi connectivity index (χ2v) is 4.10. The summed E-state index contributed by atoms with van der Waals surface area (Å²) in [5.74, 6) is 2.35. The van der Waals surface area contributed by atoms with Gasteiger partial charge in [0.05, 0.1) is 4.88 Å². The van der Waals surface area contributed by atoms with E-state index in [9.17, 15) is 0 Å². The number of nitrogens with zero attached hydrogens (tertiary/aromatic N) is 3. The van der Waals surface area contributed by atoms with E-state index in [2.05, 4.69) is 33.3 Å². The number of hydrogen-bond acceptors (Lipinski definition) is 4. The van der Waals surface area contributed by atoms with Crippen LogP contribution in [0.5, 0.6) is 0 Å². The molecule has 0 saturated heterocycles. The minimum Gasteiger partial charge on any atom is -0.219 e. The van der Waals surface area contributed by atoms with Crippen LogP contribution in [-0.2, 0) is 0 Å². The highest BCUT2D eigenvalue weighted by molar-refractivity contribution is 7.13. The SMILES string of the molecule is Cc1nc(C)nc(-c2sccc2C)n1. The van der Waals surface area contributed by atoms with Gasteiger partial charge in [-0.2, -0.15) is 0 Å². The Morgan fingerprint density at radius 1 is 1.00 bits per heavy atom. The maximum absolute atomic E-state index is 4.33. The molecule has 0 aromatic carbocycles. The minimum atomic E-state index is 0.778. The second-order valence-electron chi connectivity index (χ2n) is 3.19. The highest BCUT2D eigenvalue weighted by atomic mass is 32.1. The van der Waals surface area contributed by atoms with E-state index in [0.29, 0.717) is 0 Å². The first-order valence-corrected chi connectivity index (χ1v) is 5.28. The van der Waals surface area contributed by atoms with Gasteiger partial charge in [0.1, 0.15) is 11.6 Å². The molecule has 0 spiro atoms. The van der Waals surface area contributed by atoms with Crippen LogP contribution in [0.4, 0.5) is 0 Å². The summed E-state index contributed by atoms with van der Waals surface area (Å²) >= 11 is 1.67. The first-order valence-electron chi connectivity index (χ1n) is 4.40. The minimum absolute atomic E-state index is 0.778. The molecule has 2 aromatic rings. The standard InChI is InChI=1S/C10H11N3S/c1-6-4-5-14-9(6)10-12-7(2)11-8(3)13-10/h4-5H,1-3H3. The van der Waals surface area contributed by atoms with Crippen LogP contribution in [0, 0.1) is 20.8 Å². The Labute approximate surface area is 86.9 Å². The van der Waals surface area contributed by atoms with E-state index in [1.165, 1.54) is 5.56 Å². The third kappa shape index (κ3) is 1.65. The van der Waals surface area contributed by atoms with Crippen molar-refractivity contribution in [1.29, 1.82) is 0 Å². The van der Waals surface area contributed by atoms with Gasteiger partial charge in [0, 0.05) is 0 Å². The van der Waals surface area contributed by atoms with Gasteiger partial charge in [0.2, 0.25) is 0 Å². The third-order valence-corrected chi connectivity index (χ3v) is 2.94. The average Bonchev–Trinajstić information content (AvgIpc) is 2.49. The Morgan fingerprint density at radius 2 is 1.64 bits per heavy atom. The Kier molecular flexibility index (Phi) is 2.29. The van der Waals surface area contributed by atoms with Crippen LogP contribution in [0.25, 0.3) is 10.7 Å². The summed E-state index contributed by atoms with van der Waals surface area (Å²) in [6, 6.07) is 2.08. The van der Waals surface area contributed by atoms with Crippen LogP contribution < -0.4 is 0 Å². The van der Waals surface area contributed by atoms with Crippen LogP contribution in [-0.4, -0.2) is 15.0 Å². The van der Waals surface area contributed by atoms with Gasteiger partial charge in [-0.15, -0.1) is 11.3 Å². The Balaban J connectivity index is 2.57. The molecular formula is C10H11N3S. The second kappa shape index (κ2) is 3.46. The monoisotopic (exact) mass is 205 g/mol. The highest BCUT2D eigenvalue weighted by Crippen LogP contribution is 2.25. The smallest absolute Gasteiger partial charge is 0.173 e. The molecule has 0 fully saturated rings. The van der Waals surface area contributed by atoms with Gasteiger partial charge in [-0.1, -0.05) is 0 Å². The van der Waals surface area contributed by atoms with Gasteiger partial charge in [0.15, 0.2) is 5.82 Å².